The zero-order valence-corrected chi connectivity index (χ0v) is 12.5. The van der Waals surface area contributed by atoms with Crippen LogP contribution in [0.25, 0.3) is 0 Å². The molecule has 2 aromatic rings. The standard InChI is InChI=1S/C13H7BrCl2FNO/c14-9-5-7(1-3-10(9)15)13(19)18-8-2-4-12(17)11(16)6-8/h1-6H,(H,18,19). The Kier molecular flexibility index (Phi) is 4.45. The molecule has 2 aromatic carbocycles. The first kappa shape index (κ1) is 14.3. The number of carbonyl (C=O) groups excluding carboxylic acids is 1. The number of amides is 1. The second-order valence-electron chi connectivity index (χ2n) is 3.71. The van der Waals surface area contributed by atoms with Gasteiger partial charge in [-0.2, -0.15) is 0 Å². The van der Waals surface area contributed by atoms with Gasteiger partial charge in [0.15, 0.2) is 0 Å². The second kappa shape index (κ2) is 5.90. The third kappa shape index (κ3) is 3.47. The second-order valence-corrected chi connectivity index (χ2v) is 5.38. The monoisotopic (exact) mass is 361 g/mol. The number of rotatable bonds is 2. The minimum atomic E-state index is -0.533. The molecular weight excluding hydrogens is 356 g/mol. The van der Waals surface area contributed by atoms with Gasteiger partial charge in [0.05, 0.1) is 10.0 Å². The van der Waals surface area contributed by atoms with E-state index in [-0.39, 0.29) is 10.9 Å². The minimum absolute atomic E-state index is 0.0462. The van der Waals surface area contributed by atoms with Gasteiger partial charge in [0, 0.05) is 15.7 Å². The smallest absolute Gasteiger partial charge is 0.255 e. The molecule has 19 heavy (non-hydrogen) atoms. The van der Waals surface area contributed by atoms with Gasteiger partial charge in [-0.1, -0.05) is 23.2 Å². The molecule has 0 aliphatic carbocycles. The molecule has 0 unspecified atom stereocenters. The van der Waals surface area contributed by atoms with Gasteiger partial charge in [0.25, 0.3) is 5.91 Å². The van der Waals surface area contributed by atoms with E-state index in [4.69, 9.17) is 23.2 Å². The summed E-state index contributed by atoms with van der Waals surface area (Å²) in [5, 5.41) is 3.09. The third-order valence-electron chi connectivity index (χ3n) is 2.36. The lowest BCUT2D eigenvalue weighted by molar-refractivity contribution is 0.102. The predicted octanol–water partition coefficient (Wildman–Crippen LogP) is 5.15. The predicted molar refractivity (Wildman–Crippen MR) is 78.5 cm³/mol. The van der Waals surface area contributed by atoms with Gasteiger partial charge in [0.1, 0.15) is 5.82 Å². The first-order valence-corrected chi connectivity index (χ1v) is 6.74. The largest absolute Gasteiger partial charge is 0.322 e. The Morgan fingerprint density at radius 2 is 1.84 bits per heavy atom. The Balaban J connectivity index is 2.20. The maximum Gasteiger partial charge on any atom is 0.255 e. The fourth-order valence-corrected chi connectivity index (χ4v) is 2.09. The average molecular weight is 363 g/mol. The van der Waals surface area contributed by atoms with Crippen molar-refractivity contribution in [3.63, 3.8) is 0 Å². The Labute approximate surface area is 127 Å². The van der Waals surface area contributed by atoms with Crippen molar-refractivity contribution in [3.8, 4) is 0 Å². The first-order chi connectivity index (χ1) is 8.97. The maximum absolute atomic E-state index is 13.0. The van der Waals surface area contributed by atoms with Crippen LogP contribution in [0.3, 0.4) is 0 Å². The van der Waals surface area contributed by atoms with E-state index in [9.17, 15) is 9.18 Å². The lowest BCUT2D eigenvalue weighted by Gasteiger charge is -2.07. The summed E-state index contributed by atoms with van der Waals surface area (Å²) in [5.41, 5.74) is 0.846. The van der Waals surface area contributed by atoms with Gasteiger partial charge in [-0.05, 0) is 52.3 Å². The van der Waals surface area contributed by atoms with Crippen LogP contribution >= 0.6 is 39.1 Å². The number of carbonyl (C=O) groups is 1. The van der Waals surface area contributed by atoms with Crippen molar-refractivity contribution in [1.29, 1.82) is 0 Å². The highest BCUT2D eigenvalue weighted by Crippen LogP contribution is 2.24. The SMILES string of the molecule is O=C(Nc1ccc(F)c(Cl)c1)c1ccc(Cl)c(Br)c1. The van der Waals surface area contributed by atoms with Crippen molar-refractivity contribution in [2.24, 2.45) is 0 Å². The number of benzene rings is 2. The van der Waals surface area contributed by atoms with Crippen molar-refractivity contribution >= 4 is 50.7 Å². The van der Waals surface area contributed by atoms with Crippen LogP contribution in [0.1, 0.15) is 10.4 Å². The molecule has 2 rings (SSSR count). The molecule has 0 fully saturated rings. The molecule has 0 atom stereocenters. The number of halogens is 4. The highest BCUT2D eigenvalue weighted by atomic mass is 79.9. The summed E-state index contributed by atoms with van der Waals surface area (Å²) in [6, 6.07) is 8.77. The summed E-state index contributed by atoms with van der Waals surface area (Å²) in [6.45, 7) is 0. The van der Waals surface area contributed by atoms with Gasteiger partial charge < -0.3 is 5.32 Å². The first-order valence-electron chi connectivity index (χ1n) is 5.19. The van der Waals surface area contributed by atoms with Crippen LogP contribution in [0.5, 0.6) is 0 Å². The number of hydrogen-bond donors (Lipinski definition) is 1. The summed E-state index contributed by atoms with van der Waals surface area (Å²) >= 11 is 14.7. The fourth-order valence-electron chi connectivity index (χ4n) is 1.41. The molecule has 6 heteroatoms. The van der Waals surface area contributed by atoms with Gasteiger partial charge in [-0.3, -0.25) is 4.79 Å². The summed E-state index contributed by atoms with van der Waals surface area (Å²) in [5.74, 6) is -0.867. The molecule has 0 radical (unpaired) electrons. The molecule has 0 heterocycles. The number of nitrogens with one attached hydrogen (secondary N) is 1. The zero-order chi connectivity index (χ0) is 14.0. The van der Waals surface area contributed by atoms with E-state index in [2.05, 4.69) is 21.2 Å². The van der Waals surface area contributed by atoms with Gasteiger partial charge in [-0.25, -0.2) is 4.39 Å². The van der Waals surface area contributed by atoms with E-state index in [0.717, 1.165) is 0 Å². The molecule has 2 nitrogen and oxygen atoms in total. The quantitative estimate of drug-likeness (QED) is 0.786. The van der Waals surface area contributed by atoms with E-state index < -0.39 is 5.82 Å². The number of anilines is 1. The van der Waals surface area contributed by atoms with E-state index in [1.165, 1.54) is 18.2 Å². The van der Waals surface area contributed by atoms with E-state index >= 15 is 0 Å². The van der Waals surface area contributed by atoms with Crippen LogP contribution in [-0.2, 0) is 0 Å². The zero-order valence-electron chi connectivity index (χ0n) is 9.38. The Bertz CT molecular complexity index is 649. The van der Waals surface area contributed by atoms with Crippen molar-refractivity contribution in [1.82, 2.24) is 0 Å². The molecule has 1 amide bonds. The molecule has 0 saturated heterocycles. The molecule has 0 saturated carbocycles. The molecular formula is C13H7BrCl2FNO. The van der Waals surface area contributed by atoms with Crippen molar-refractivity contribution in [2.45, 2.75) is 0 Å². The third-order valence-corrected chi connectivity index (χ3v) is 3.86. The molecule has 0 aliphatic heterocycles. The molecule has 0 bridgehead atoms. The molecule has 0 aliphatic rings. The van der Waals surface area contributed by atoms with Crippen LogP contribution < -0.4 is 5.32 Å². The van der Waals surface area contributed by atoms with Crippen LogP contribution in [-0.4, -0.2) is 5.91 Å². The summed E-state index contributed by atoms with van der Waals surface area (Å²) in [4.78, 5) is 12.0. The fraction of sp³-hybridized carbons (Fsp3) is 0. The van der Waals surface area contributed by atoms with E-state index in [0.29, 0.717) is 20.7 Å². The Morgan fingerprint density at radius 1 is 1.11 bits per heavy atom. The lowest BCUT2D eigenvalue weighted by Crippen LogP contribution is -2.11. The Hall–Kier alpha value is -1.10. The molecule has 1 N–H and O–H groups in total. The van der Waals surface area contributed by atoms with Gasteiger partial charge in [-0.15, -0.1) is 0 Å². The van der Waals surface area contributed by atoms with Crippen molar-refractivity contribution in [2.75, 3.05) is 5.32 Å². The highest BCUT2D eigenvalue weighted by molar-refractivity contribution is 9.10. The van der Waals surface area contributed by atoms with Crippen LogP contribution in [0.2, 0.25) is 10.0 Å². The van der Waals surface area contributed by atoms with E-state index in [1.54, 1.807) is 18.2 Å². The summed E-state index contributed by atoms with van der Waals surface area (Å²) in [6.07, 6.45) is 0. The topological polar surface area (TPSA) is 29.1 Å². The summed E-state index contributed by atoms with van der Waals surface area (Å²) in [7, 11) is 0. The summed E-state index contributed by atoms with van der Waals surface area (Å²) < 4.78 is 13.6. The van der Waals surface area contributed by atoms with Crippen LogP contribution in [0.4, 0.5) is 10.1 Å². The Morgan fingerprint density at radius 3 is 2.47 bits per heavy atom. The normalized spacial score (nSPS) is 10.3. The van der Waals surface area contributed by atoms with Crippen molar-refractivity contribution in [3.05, 3.63) is 62.3 Å². The maximum atomic E-state index is 13.0. The van der Waals surface area contributed by atoms with Gasteiger partial charge in [0.2, 0.25) is 0 Å². The van der Waals surface area contributed by atoms with Gasteiger partial charge >= 0.3 is 0 Å². The van der Waals surface area contributed by atoms with Crippen molar-refractivity contribution < 1.29 is 9.18 Å². The lowest BCUT2D eigenvalue weighted by atomic mass is 10.2. The average Bonchev–Trinajstić information content (AvgIpc) is 2.37. The molecule has 0 aromatic heterocycles. The molecule has 0 spiro atoms. The minimum Gasteiger partial charge on any atom is -0.322 e. The molecule has 98 valence electrons. The van der Waals surface area contributed by atoms with Crippen LogP contribution in [0, 0.1) is 5.82 Å². The highest BCUT2D eigenvalue weighted by Gasteiger charge is 2.09. The van der Waals surface area contributed by atoms with Crippen LogP contribution in [0.15, 0.2) is 40.9 Å². The van der Waals surface area contributed by atoms with E-state index in [1.807, 2.05) is 0 Å². The number of hydrogen-bond acceptors (Lipinski definition) is 1.